The van der Waals surface area contributed by atoms with Gasteiger partial charge in [0.05, 0.1) is 18.8 Å². The minimum absolute atomic E-state index is 0.300. The summed E-state index contributed by atoms with van der Waals surface area (Å²) < 4.78 is 10.7. The van der Waals surface area contributed by atoms with Gasteiger partial charge in [0.1, 0.15) is 5.75 Å². The normalized spacial score (nSPS) is 13.8. The summed E-state index contributed by atoms with van der Waals surface area (Å²) in [6.07, 6.45) is 5.95. The zero-order valence-electron chi connectivity index (χ0n) is 11.2. The minimum Gasteiger partial charge on any atom is -0.490 e. The number of benzene rings is 1. The molecule has 1 aliphatic carbocycles. The molecule has 1 aromatic carbocycles. The number of nitrogens with zero attached hydrogens (tertiary/aromatic N) is 1. The molecule has 0 unspecified atom stereocenters. The Labute approximate surface area is 117 Å². The predicted octanol–water partition coefficient (Wildman–Crippen LogP) is 3.08. The highest BCUT2D eigenvalue weighted by molar-refractivity contribution is 5.91. The maximum atomic E-state index is 11.7. The summed E-state index contributed by atoms with van der Waals surface area (Å²) in [5, 5.41) is 0. The van der Waals surface area contributed by atoms with Crippen LogP contribution in [0.2, 0.25) is 0 Å². The number of methoxy groups -OCH3 is 1. The largest absolute Gasteiger partial charge is 0.490 e. The fourth-order valence-corrected chi connectivity index (χ4v) is 1.99. The number of rotatable bonds is 4. The molecule has 1 fully saturated rings. The fraction of sp³-hybridized carbons (Fsp3) is 0.250. The molecule has 0 radical (unpaired) electrons. The van der Waals surface area contributed by atoms with Crippen LogP contribution < -0.4 is 4.74 Å². The van der Waals surface area contributed by atoms with Crippen LogP contribution in [0.5, 0.6) is 5.75 Å². The lowest BCUT2D eigenvalue weighted by Gasteiger charge is -2.12. The number of ether oxygens (including phenoxy) is 2. The van der Waals surface area contributed by atoms with Gasteiger partial charge in [0.2, 0.25) is 0 Å². The van der Waals surface area contributed by atoms with E-state index in [0.717, 1.165) is 29.7 Å². The lowest BCUT2D eigenvalue weighted by molar-refractivity contribution is 0.0601. The van der Waals surface area contributed by atoms with E-state index < -0.39 is 0 Å². The first kappa shape index (κ1) is 12.7. The molecule has 102 valence electrons. The third kappa shape index (κ3) is 2.64. The van der Waals surface area contributed by atoms with Crippen LogP contribution >= 0.6 is 0 Å². The Morgan fingerprint density at radius 2 is 2.15 bits per heavy atom. The van der Waals surface area contributed by atoms with Crippen LogP contribution in [0.15, 0.2) is 42.7 Å². The van der Waals surface area contributed by atoms with E-state index in [1.54, 1.807) is 24.5 Å². The van der Waals surface area contributed by atoms with E-state index in [1.165, 1.54) is 7.11 Å². The quantitative estimate of drug-likeness (QED) is 0.800. The van der Waals surface area contributed by atoms with Gasteiger partial charge in [-0.3, -0.25) is 4.98 Å². The fourth-order valence-electron chi connectivity index (χ4n) is 1.99. The summed E-state index contributed by atoms with van der Waals surface area (Å²) in [4.78, 5) is 15.8. The van der Waals surface area contributed by atoms with Gasteiger partial charge in [-0.25, -0.2) is 4.79 Å². The second kappa shape index (κ2) is 5.33. The summed E-state index contributed by atoms with van der Waals surface area (Å²) in [6, 6.07) is 9.15. The second-order valence-electron chi connectivity index (χ2n) is 4.76. The lowest BCUT2D eigenvalue weighted by Crippen LogP contribution is -2.03. The topological polar surface area (TPSA) is 48.4 Å². The van der Waals surface area contributed by atoms with Crippen LogP contribution in [0.25, 0.3) is 11.1 Å². The maximum Gasteiger partial charge on any atom is 0.337 e. The third-order valence-corrected chi connectivity index (χ3v) is 3.19. The van der Waals surface area contributed by atoms with Crippen molar-refractivity contribution in [1.29, 1.82) is 0 Å². The van der Waals surface area contributed by atoms with Crippen LogP contribution in [0, 0.1) is 0 Å². The van der Waals surface area contributed by atoms with Crippen LogP contribution in [-0.4, -0.2) is 24.2 Å². The molecule has 1 heterocycles. The van der Waals surface area contributed by atoms with Gasteiger partial charge in [-0.15, -0.1) is 0 Å². The van der Waals surface area contributed by atoms with E-state index >= 15 is 0 Å². The summed E-state index contributed by atoms with van der Waals surface area (Å²) in [5.41, 5.74) is 2.30. The van der Waals surface area contributed by atoms with Crippen LogP contribution in [0.3, 0.4) is 0 Å². The molecule has 0 bridgehead atoms. The highest BCUT2D eigenvalue weighted by atomic mass is 16.5. The summed E-state index contributed by atoms with van der Waals surface area (Å²) in [5.74, 6) is 0.432. The number of carbonyl (C=O) groups is 1. The zero-order chi connectivity index (χ0) is 13.9. The molecule has 0 spiro atoms. The summed E-state index contributed by atoms with van der Waals surface area (Å²) in [7, 11) is 1.38. The molecule has 3 rings (SSSR count). The zero-order valence-corrected chi connectivity index (χ0v) is 11.2. The van der Waals surface area contributed by atoms with Crippen molar-refractivity contribution in [3.05, 3.63) is 48.3 Å². The highest BCUT2D eigenvalue weighted by Gasteiger charge is 2.25. The van der Waals surface area contributed by atoms with Gasteiger partial charge in [-0.05, 0) is 37.1 Å². The first-order chi connectivity index (χ1) is 9.78. The molecular weight excluding hydrogens is 254 g/mol. The molecule has 4 heteroatoms. The lowest BCUT2D eigenvalue weighted by atomic mass is 10.0. The number of pyridine rings is 1. The van der Waals surface area contributed by atoms with E-state index in [0.29, 0.717) is 11.7 Å². The molecule has 1 saturated carbocycles. The van der Waals surface area contributed by atoms with E-state index in [9.17, 15) is 4.79 Å². The minimum atomic E-state index is -0.354. The van der Waals surface area contributed by atoms with Crippen molar-refractivity contribution in [2.75, 3.05) is 7.11 Å². The van der Waals surface area contributed by atoms with Gasteiger partial charge in [0, 0.05) is 23.5 Å². The first-order valence-electron chi connectivity index (χ1n) is 6.57. The Morgan fingerprint density at radius 3 is 2.80 bits per heavy atom. The number of esters is 1. The monoisotopic (exact) mass is 269 g/mol. The third-order valence-electron chi connectivity index (χ3n) is 3.19. The van der Waals surface area contributed by atoms with Crippen LogP contribution in [-0.2, 0) is 4.74 Å². The van der Waals surface area contributed by atoms with Crippen LogP contribution in [0.1, 0.15) is 23.2 Å². The molecular formula is C16H15NO3. The van der Waals surface area contributed by atoms with Gasteiger partial charge in [0.25, 0.3) is 0 Å². The second-order valence-corrected chi connectivity index (χ2v) is 4.76. The number of aromatic nitrogens is 1. The number of hydrogen-bond donors (Lipinski definition) is 0. The SMILES string of the molecule is COC(=O)c1ccc(OC2CC2)c(-c2cccnc2)c1. The Kier molecular flexibility index (Phi) is 3.37. The Bertz CT molecular complexity index is 621. The highest BCUT2D eigenvalue weighted by Crippen LogP contribution is 2.35. The van der Waals surface area contributed by atoms with Crippen molar-refractivity contribution in [2.24, 2.45) is 0 Å². The average Bonchev–Trinajstić information content (AvgIpc) is 3.32. The molecule has 0 N–H and O–H groups in total. The molecule has 0 amide bonds. The first-order valence-corrected chi connectivity index (χ1v) is 6.57. The molecule has 20 heavy (non-hydrogen) atoms. The smallest absolute Gasteiger partial charge is 0.337 e. The molecule has 1 aromatic heterocycles. The average molecular weight is 269 g/mol. The number of carbonyl (C=O) groups excluding carboxylic acids is 1. The predicted molar refractivity (Wildman–Crippen MR) is 74.7 cm³/mol. The standard InChI is InChI=1S/C16H15NO3/c1-19-16(18)11-4-7-15(20-13-5-6-13)14(9-11)12-3-2-8-17-10-12/h2-4,7-10,13H,5-6H2,1H3. The van der Waals surface area contributed by atoms with Gasteiger partial charge >= 0.3 is 5.97 Å². The molecule has 1 aliphatic rings. The molecule has 2 aromatic rings. The van der Waals surface area contributed by atoms with Crippen molar-refractivity contribution in [1.82, 2.24) is 4.98 Å². The summed E-state index contributed by atoms with van der Waals surface area (Å²) in [6.45, 7) is 0. The van der Waals surface area contributed by atoms with Gasteiger partial charge in [0.15, 0.2) is 0 Å². The van der Waals surface area contributed by atoms with E-state index in [4.69, 9.17) is 9.47 Å². The van der Waals surface area contributed by atoms with Crippen molar-refractivity contribution >= 4 is 5.97 Å². The number of hydrogen-bond acceptors (Lipinski definition) is 4. The Hall–Kier alpha value is -2.36. The van der Waals surface area contributed by atoms with Crippen molar-refractivity contribution in [2.45, 2.75) is 18.9 Å². The van der Waals surface area contributed by atoms with E-state index in [2.05, 4.69) is 4.98 Å². The Morgan fingerprint density at radius 1 is 1.30 bits per heavy atom. The van der Waals surface area contributed by atoms with Gasteiger partial charge < -0.3 is 9.47 Å². The van der Waals surface area contributed by atoms with E-state index in [-0.39, 0.29) is 5.97 Å². The van der Waals surface area contributed by atoms with Gasteiger partial charge in [-0.2, -0.15) is 0 Å². The summed E-state index contributed by atoms with van der Waals surface area (Å²) >= 11 is 0. The van der Waals surface area contributed by atoms with Crippen molar-refractivity contribution < 1.29 is 14.3 Å². The van der Waals surface area contributed by atoms with Crippen molar-refractivity contribution in [3.63, 3.8) is 0 Å². The van der Waals surface area contributed by atoms with Crippen LogP contribution in [0.4, 0.5) is 0 Å². The van der Waals surface area contributed by atoms with Gasteiger partial charge in [-0.1, -0.05) is 6.07 Å². The molecule has 4 nitrogen and oxygen atoms in total. The van der Waals surface area contributed by atoms with E-state index in [1.807, 2.05) is 18.2 Å². The molecule has 0 atom stereocenters. The Balaban J connectivity index is 2.03. The molecule has 0 saturated heterocycles. The molecule has 0 aliphatic heterocycles. The van der Waals surface area contributed by atoms with Crippen molar-refractivity contribution in [3.8, 4) is 16.9 Å². The maximum absolute atomic E-state index is 11.7.